The van der Waals surface area contributed by atoms with Gasteiger partial charge in [-0.3, -0.25) is 4.79 Å². The predicted molar refractivity (Wildman–Crippen MR) is 82.2 cm³/mol. The van der Waals surface area contributed by atoms with Gasteiger partial charge in [0.1, 0.15) is 11.6 Å². The number of phenols is 1. The molecule has 0 bridgehead atoms. The van der Waals surface area contributed by atoms with Crippen molar-refractivity contribution in [2.75, 3.05) is 0 Å². The van der Waals surface area contributed by atoms with E-state index in [4.69, 9.17) is 16.7 Å². The molecular weight excluding hydrogens is 295 g/mol. The number of phenolic OH excluding ortho intramolecular Hbond substituents is 1. The average molecular weight is 315 g/mol. The fourth-order valence-electron chi connectivity index (χ4n) is 2.00. The second kappa shape index (κ2) is 9.40. The predicted octanol–water partition coefficient (Wildman–Crippen LogP) is 5.17. The summed E-state index contributed by atoms with van der Waals surface area (Å²) >= 11 is 5.69. The normalized spacial score (nSPS) is 11.6. The summed E-state index contributed by atoms with van der Waals surface area (Å²) in [6.07, 6.45) is 6.58. The number of aromatic hydroxyl groups is 1. The number of aliphatic carboxylic acids is 1. The Kier molecular flexibility index (Phi) is 7.83. The van der Waals surface area contributed by atoms with E-state index in [0.29, 0.717) is 17.9 Å². The highest BCUT2D eigenvalue weighted by atomic mass is 35.5. The monoisotopic (exact) mass is 314 g/mol. The zero-order chi connectivity index (χ0) is 15.7. The van der Waals surface area contributed by atoms with Gasteiger partial charge in [-0.2, -0.15) is 0 Å². The molecule has 0 aliphatic rings. The van der Waals surface area contributed by atoms with Crippen molar-refractivity contribution in [1.82, 2.24) is 0 Å². The summed E-state index contributed by atoms with van der Waals surface area (Å²) in [5.74, 6) is -1.37. The zero-order valence-corrected chi connectivity index (χ0v) is 12.6. The third-order valence-corrected chi connectivity index (χ3v) is 3.37. The molecule has 1 aromatic carbocycles. The molecule has 0 saturated heterocycles. The largest absolute Gasteiger partial charge is 0.507 e. The summed E-state index contributed by atoms with van der Waals surface area (Å²) in [5, 5.41) is 18.4. The van der Waals surface area contributed by atoms with Gasteiger partial charge < -0.3 is 10.2 Å². The van der Waals surface area contributed by atoms with E-state index >= 15 is 0 Å². The van der Waals surface area contributed by atoms with Crippen LogP contribution in [0.25, 0.3) is 5.83 Å². The van der Waals surface area contributed by atoms with Gasteiger partial charge in [0.05, 0.1) is 5.56 Å². The van der Waals surface area contributed by atoms with Gasteiger partial charge in [0.15, 0.2) is 0 Å². The molecule has 0 spiro atoms. The molecule has 0 radical (unpaired) electrons. The maximum absolute atomic E-state index is 13.8. The second-order valence-corrected chi connectivity index (χ2v) is 5.35. The molecule has 0 heterocycles. The Morgan fingerprint density at radius 2 is 1.86 bits per heavy atom. The zero-order valence-electron chi connectivity index (χ0n) is 11.8. The van der Waals surface area contributed by atoms with Crippen molar-refractivity contribution < 1.29 is 19.4 Å². The number of benzene rings is 1. The highest BCUT2D eigenvalue weighted by Gasteiger charge is 2.06. The van der Waals surface area contributed by atoms with Crippen molar-refractivity contribution in [3.05, 3.63) is 34.9 Å². The lowest BCUT2D eigenvalue weighted by Gasteiger charge is -2.03. The van der Waals surface area contributed by atoms with E-state index in [1.165, 1.54) is 24.3 Å². The molecule has 1 rings (SSSR count). The third-order valence-electron chi connectivity index (χ3n) is 3.14. The summed E-state index contributed by atoms with van der Waals surface area (Å²) in [4.78, 5) is 10.3. The van der Waals surface area contributed by atoms with E-state index < -0.39 is 11.8 Å². The van der Waals surface area contributed by atoms with Crippen LogP contribution in [0, 0.1) is 0 Å². The quantitative estimate of drug-likeness (QED) is 0.618. The average Bonchev–Trinajstić information content (AvgIpc) is 2.41. The molecule has 0 aliphatic carbocycles. The maximum Gasteiger partial charge on any atom is 0.303 e. The Labute approximate surface area is 129 Å². The van der Waals surface area contributed by atoms with Gasteiger partial charge in [0.25, 0.3) is 0 Å². The van der Waals surface area contributed by atoms with E-state index in [2.05, 4.69) is 0 Å². The van der Waals surface area contributed by atoms with Gasteiger partial charge in [-0.25, -0.2) is 4.39 Å². The van der Waals surface area contributed by atoms with Crippen LogP contribution in [0.2, 0.25) is 5.02 Å². The van der Waals surface area contributed by atoms with E-state index in [-0.39, 0.29) is 17.7 Å². The highest BCUT2D eigenvalue weighted by Crippen LogP contribution is 2.29. The van der Waals surface area contributed by atoms with E-state index in [1.807, 2.05) is 0 Å². The maximum atomic E-state index is 13.8. The fraction of sp³-hybridized carbons (Fsp3) is 0.438. The minimum absolute atomic E-state index is 0.154. The van der Waals surface area contributed by atoms with Crippen LogP contribution < -0.4 is 0 Å². The Bertz CT molecular complexity index is 500. The van der Waals surface area contributed by atoms with Crippen LogP contribution in [0.4, 0.5) is 4.39 Å². The van der Waals surface area contributed by atoms with Gasteiger partial charge in [0.2, 0.25) is 0 Å². The molecule has 0 aromatic heterocycles. The first-order valence-corrected chi connectivity index (χ1v) is 7.45. The smallest absolute Gasteiger partial charge is 0.303 e. The molecule has 0 atom stereocenters. The first-order valence-electron chi connectivity index (χ1n) is 7.07. The van der Waals surface area contributed by atoms with Gasteiger partial charge in [-0.1, -0.05) is 30.9 Å². The fourth-order valence-corrected chi connectivity index (χ4v) is 2.16. The number of unbranched alkanes of at least 4 members (excludes halogenated alkanes) is 5. The summed E-state index contributed by atoms with van der Waals surface area (Å²) in [6, 6.07) is 4.30. The first-order chi connectivity index (χ1) is 10.0. The lowest BCUT2D eigenvalue weighted by atomic mass is 10.1. The van der Waals surface area contributed by atoms with Crippen molar-refractivity contribution in [2.24, 2.45) is 0 Å². The van der Waals surface area contributed by atoms with Crippen LogP contribution in [0.15, 0.2) is 24.3 Å². The number of carboxylic acids is 1. The molecule has 5 heteroatoms. The number of allylic oxidation sites excluding steroid dienone is 1. The van der Waals surface area contributed by atoms with Crippen LogP contribution >= 0.6 is 11.6 Å². The number of hydrogen-bond acceptors (Lipinski definition) is 2. The number of rotatable bonds is 9. The van der Waals surface area contributed by atoms with E-state index in [0.717, 1.165) is 25.7 Å². The Balaban J connectivity index is 2.25. The van der Waals surface area contributed by atoms with Crippen LogP contribution in [0.3, 0.4) is 0 Å². The van der Waals surface area contributed by atoms with Crippen LogP contribution in [0.1, 0.15) is 50.5 Å². The summed E-state index contributed by atoms with van der Waals surface area (Å²) in [5.41, 5.74) is 0.154. The summed E-state index contributed by atoms with van der Waals surface area (Å²) < 4.78 is 13.8. The summed E-state index contributed by atoms with van der Waals surface area (Å²) in [7, 11) is 0. The molecule has 0 fully saturated rings. The van der Waals surface area contributed by atoms with Crippen molar-refractivity contribution in [1.29, 1.82) is 0 Å². The Hall–Kier alpha value is -1.55. The van der Waals surface area contributed by atoms with Crippen molar-refractivity contribution >= 4 is 23.4 Å². The standard InChI is InChI=1S/C16H20ClFO3/c17-12-9-10-13(15(19)11-12)14(18)7-5-3-1-2-4-6-8-16(20)21/h7,9-11,19H,1-6,8H2,(H,20,21)/b14-7-. The molecule has 21 heavy (non-hydrogen) atoms. The Morgan fingerprint density at radius 1 is 1.19 bits per heavy atom. The number of halogens is 2. The van der Waals surface area contributed by atoms with Crippen LogP contribution in [-0.4, -0.2) is 16.2 Å². The first kappa shape index (κ1) is 17.5. The summed E-state index contributed by atoms with van der Waals surface area (Å²) in [6.45, 7) is 0. The molecule has 116 valence electrons. The van der Waals surface area contributed by atoms with Crippen molar-refractivity contribution in [3.8, 4) is 5.75 Å². The third kappa shape index (κ3) is 7.14. The number of carbonyl (C=O) groups is 1. The minimum atomic E-state index is -0.761. The number of hydrogen-bond donors (Lipinski definition) is 2. The lowest BCUT2D eigenvalue weighted by Crippen LogP contribution is -1.93. The Morgan fingerprint density at radius 3 is 2.52 bits per heavy atom. The number of carboxylic acid groups (broad SMARTS) is 1. The van der Waals surface area contributed by atoms with E-state index in [1.54, 1.807) is 0 Å². The minimum Gasteiger partial charge on any atom is -0.507 e. The molecule has 0 aliphatic heterocycles. The van der Waals surface area contributed by atoms with Crippen molar-refractivity contribution in [2.45, 2.75) is 44.9 Å². The molecule has 3 nitrogen and oxygen atoms in total. The SMILES string of the molecule is O=C(O)CCCCCCC/C=C(\F)c1ccc(Cl)cc1O. The van der Waals surface area contributed by atoms with Gasteiger partial charge in [-0.05, 0) is 43.5 Å². The second-order valence-electron chi connectivity index (χ2n) is 4.91. The molecule has 1 aromatic rings. The molecule has 0 amide bonds. The lowest BCUT2D eigenvalue weighted by molar-refractivity contribution is -0.137. The van der Waals surface area contributed by atoms with Gasteiger partial charge >= 0.3 is 5.97 Å². The van der Waals surface area contributed by atoms with Crippen molar-refractivity contribution in [3.63, 3.8) is 0 Å². The molecular formula is C16H20ClFO3. The molecule has 0 saturated carbocycles. The highest BCUT2D eigenvalue weighted by molar-refractivity contribution is 6.30. The van der Waals surface area contributed by atoms with E-state index in [9.17, 15) is 14.3 Å². The van der Waals surface area contributed by atoms with Gasteiger partial charge in [-0.15, -0.1) is 0 Å². The van der Waals surface area contributed by atoms with Gasteiger partial charge in [0, 0.05) is 11.4 Å². The van der Waals surface area contributed by atoms with Crippen LogP contribution in [0.5, 0.6) is 5.75 Å². The molecule has 2 N–H and O–H groups in total. The topological polar surface area (TPSA) is 57.5 Å². The van der Waals surface area contributed by atoms with Crippen LogP contribution in [-0.2, 0) is 4.79 Å². The molecule has 0 unspecified atom stereocenters.